The number of hydrogen-bond acceptors (Lipinski definition) is 5. The standard InChI is InChI=1S/C30H39N3O5/c1-6-29-14-10-16-31(18-21-12-8-7-9-13-21)25(35)22(29)23-26(36)33(20(2)19-34)24-27(37)32(28(3,4)5)17-11-15-30(23,24)38-29/h7-15,20,22-24,34H,6,16-19H2,1-5H3/t20-,22+,23+,24?,29-,30+/m1/s1. The van der Waals surface area contributed by atoms with E-state index in [0.717, 1.165) is 5.56 Å². The minimum Gasteiger partial charge on any atom is -0.394 e. The molecule has 8 heteroatoms. The van der Waals surface area contributed by atoms with Crippen molar-refractivity contribution < 1.29 is 24.2 Å². The molecule has 5 rings (SSSR count). The van der Waals surface area contributed by atoms with Gasteiger partial charge in [0.25, 0.3) is 0 Å². The molecule has 1 aromatic rings. The van der Waals surface area contributed by atoms with E-state index in [-0.39, 0.29) is 24.3 Å². The van der Waals surface area contributed by atoms with Gasteiger partial charge in [-0.3, -0.25) is 14.4 Å². The molecule has 0 bridgehead atoms. The Hall–Kier alpha value is -2.97. The van der Waals surface area contributed by atoms with Crippen LogP contribution in [0.15, 0.2) is 54.6 Å². The topological polar surface area (TPSA) is 90.4 Å². The Balaban J connectivity index is 1.64. The summed E-state index contributed by atoms with van der Waals surface area (Å²) in [5.74, 6) is -2.35. The Kier molecular flexibility index (Phi) is 6.55. The van der Waals surface area contributed by atoms with E-state index in [4.69, 9.17) is 4.74 Å². The summed E-state index contributed by atoms with van der Waals surface area (Å²) in [4.78, 5) is 48.0. The van der Waals surface area contributed by atoms with Gasteiger partial charge in [0.05, 0.1) is 30.1 Å². The van der Waals surface area contributed by atoms with Crippen LogP contribution in [0.5, 0.6) is 0 Å². The fourth-order valence-corrected chi connectivity index (χ4v) is 6.86. The van der Waals surface area contributed by atoms with Crippen LogP contribution in [0.1, 0.15) is 46.6 Å². The summed E-state index contributed by atoms with van der Waals surface area (Å²) in [5.41, 5.74) is -1.82. The largest absolute Gasteiger partial charge is 0.394 e. The molecule has 38 heavy (non-hydrogen) atoms. The van der Waals surface area contributed by atoms with Gasteiger partial charge in [0.2, 0.25) is 17.7 Å². The summed E-state index contributed by atoms with van der Waals surface area (Å²) in [6, 6.07) is 8.21. The summed E-state index contributed by atoms with van der Waals surface area (Å²) in [6.07, 6.45) is 8.16. The first-order valence-electron chi connectivity index (χ1n) is 13.6. The van der Waals surface area contributed by atoms with Gasteiger partial charge in [-0.1, -0.05) is 61.6 Å². The SMILES string of the molecule is CC[C@@]12C=CCN(Cc3ccccc3)C(=O)[C@@H]1[C@H]1C(=O)N([C@H](C)CO)C3C(=O)N(C(C)(C)C)CC=C[C@@]31O2. The van der Waals surface area contributed by atoms with Crippen LogP contribution in [-0.2, 0) is 25.7 Å². The Bertz CT molecular complexity index is 1170. The van der Waals surface area contributed by atoms with E-state index in [2.05, 4.69) is 0 Å². The van der Waals surface area contributed by atoms with Gasteiger partial charge >= 0.3 is 0 Å². The van der Waals surface area contributed by atoms with Crippen LogP contribution in [0, 0.1) is 11.8 Å². The highest BCUT2D eigenvalue weighted by molar-refractivity contribution is 6.00. The number of hydrogen-bond donors (Lipinski definition) is 1. The van der Waals surface area contributed by atoms with E-state index in [0.29, 0.717) is 26.1 Å². The zero-order valence-electron chi connectivity index (χ0n) is 23.0. The third-order valence-electron chi connectivity index (χ3n) is 8.73. The van der Waals surface area contributed by atoms with Crippen LogP contribution in [0.25, 0.3) is 0 Å². The summed E-state index contributed by atoms with van der Waals surface area (Å²) in [5, 5.41) is 10.1. The molecule has 6 atom stereocenters. The van der Waals surface area contributed by atoms with Gasteiger partial charge in [0.15, 0.2) is 0 Å². The molecule has 0 saturated carbocycles. The van der Waals surface area contributed by atoms with Crippen molar-refractivity contribution in [2.75, 3.05) is 19.7 Å². The van der Waals surface area contributed by atoms with Gasteiger partial charge in [-0.2, -0.15) is 0 Å². The van der Waals surface area contributed by atoms with Crippen molar-refractivity contribution in [2.45, 2.75) is 76.4 Å². The van der Waals surface area contributed by atoms with Crippen molar-refractivity contribution in [3.63, 3.8) is 0 Å². The molecular weight excluding hydrogens is 482 g/mol. The monoisotopic (exact) mass is 521 g/mol. The van der Waals surface area contributed by atoms with Gasteiger partial charge in [-0.15, -0.1) is 0 Å². The maximum absolute atomic E-state index is 14.4. The normalized spacial score (nSPS) is 33.7. The lowest BCUT2D eigenvalue weighted by molar-refractivity contribution is -0.159. The van der Waals surface area contributed by atoms with E-state index < -0.39 is 40.7 Å². The van der Waals surface area contributed by atoms with E-state index in [1.807, 2.05) is 82.3 Å². The summed E-state index contributed by atoms with van der Waals surface area (Å²) in [6.45, 7) is 10.5. The number of likely N-dealkylation sites (tertiary alicyclic amines) is 1. The van der Waals surface area contributed by atoms with Crippen molar-refractivity contribution in [3.05, 3.63) is 60.2 Å². The molecule has 1 aromatic carbocycles. The highest BCUT2D eigenvalue weighted by Gasteiger charge is 2.75. The Labute approximate surface area is 224 Å². The first-order chi connectivity index (χ1) is 18.0. The lowest BCUT2D eigenvalue weighted by atomic mass is 9.73. The third-order valence-corrected chi connectivity index (χ3v) is 8.73. The van der Waals surface area contributed by atoms with Crippen molar-refractivity contribution >= 4 is 17.7 Å². The number of aliphatic hydroxyl groups is 1. The van der Waals surface area contributed by atoms with E-state index in [1.165, 1.54) is 4.90 Å². The van der Waals surface area contributed by atoms with E-state index in [1.54, 1.807) is 16.7 Å². The van der Waals surface area contributed by atoms with Crippen molar-refractivity contribution in [1.29, 1.82) is 0 Å². The molecule has 4 aliphatic heterocycles. The van der Waals surface area contributed by atoms with Crippen molar-refractivity contribution in [3.8, 4) is 0 Å². The van der Waals surface area contributed by atoms with Gasteiger partial charge in [-0.05, 0) is 39.7 Å². The van der Waals surface area contributed by atoms with Crippen molar-refractivity contribution in [2.24, 2.45) is 11.8 Å². The van der Waals surface area contributed by atoms with Gasteiger partial charge in [0, 0.05) is 25.2 Å². The molecule has 0 aliphatic carbocycles. The summed E-state index contributed by atoms with van der Waals surface area (Å²) < 4.78 is 6.96. The predicted octanol–water partition coefficient (Wildman–Crippen LogP) is 2.52. The maximum atomic E-state index is 14.4. The lowest BCUT2D eigenvalue weighted by Crippen LogP contribution is -2.60. The van der Waals surface area contributed by atoms with E-state index in [9.17, 15) is 19.5 Å². The number of ether oxygens (including phenoxy) is 1. The number of nitrogens with zero attached hydrogens (tertiary/aromatic N) is 3. The molecule has 2 saturated heterocycles. The van der Waals surface area contributed by atoms with Gasteiger partial charge in [-0.25, -0.2) is 0 Å². The predicted molar refractivity (Wildman–Crippen MR) is 143 cm³/mol. The summed E-state index contributed by atoms with van der Waals surface area (Å²) >= 11 is 0. The highest BCUT2D eigenvalue weighted by Crippen LogP contribution is 2.59. The highest BCUT2D eigenvalue weighted by atomic mass is 16.5. The molecule has 1 unspecified atom stereocenters. The summed E-state index contributed by atoms with van der Waals surface area (Å²) in [7, 11) is 0. The first-order valence-corrected chi connectivity index (χ1v) is 13.6. The Morgan fingerprint density at radius 3 is 2.32 bits per heavy atom. The van der Waals surface area contributed by atoms with Gasteiger partial charge < -0.3 is 24.5 Å². The van der Waals surface area contributed by atoms with Crippen LogP contribution in [0.4, 0.5) is 0 Å². The second-order valence-electron chi connectivity index (χ2n) is 12.0. The molecular formula is C30H39N3O5. The number of fused-ring (bicyclic) bond motifs is 2. The van der Waals surface area contributed by atoms with Crippen LogP contribution in [-0.4, -0.2) is 86.0 Å². The molecule has 1 N–H and O–H groups in total. The molecule has 0 radical (unpaired) electrons. The average Bonchev–Trinajstić information content (AvgIpc) is 3.18. The smallest absolute Gasteiger partial charge is 0.249 e. The van der Waals surface area contributed by atoms with Crippen molar-refractivity contribution in [1.82, 2.24) is 14.7 Å². The molecule has 204 valence electrons. The first kappa shape index (κ1) is 26.6. The number of carbonyl (C=O) groups excluding carboxylic acids is 3. The molecule has 8 nitrogen and oxygen atoms in total. The number of rotatable bonds is 5. The van der Waals surface area contributed by atoms with Crippen LogP contribution in [0.3, 0.4) is 0 Å². The molecule has 2 fully saturated rings. The van der Waals surface area contributed by atoms with Crippen LogP contribution in [0.2, 0.25) is 0 Å². The molecule has 1 spiro atoms. The molecule has 4 heterocycles. The Morgan fingerprint density at radius 2 is 1.68 bits per heavy atom. The fourth-order valence-electron chi connectivity index (χ4n) is 6.86. The zero-order valence-corrected chi connectivity index (χ0v) is 23.0. The average molecular weight is 522 g/mol. The zero-order chi connectivity index (χ0) is 27.5. The minimum atomic E-state index is -1.31. The van der Waals surface area contributed by atoms with Gasteiger partial charge in [0.1, 0.15) is 11.6 Å². The van der Waals surface area contributed by atoms with E-state index >= 15 is 0 Å². The van der Waals surface area contributed by atoms with Crippen LogP contribution < -0.4 is 0 Å². The third kappa shape index (κ3) is 3.83. The second kappa shape index (κ2) is 9.35. The fraction of sp³-hybridized carbons (Fsp3) is 0.567. The number of amides is 3. The number of aliphatic hydroxyl groups excluding tert-OH is 1. The molecule has 3 amide bonds. The lowest BCUT2D eigenvalue weighted by Gasteiger charge is -2.42. The minimum absolute atomic E-state index is 0.147. The Morgan fingerprint density at radius 1 is 1.00 bits per heavy atom. The number of carbonyl (C=O) groups is 3. The molecule has 4 aliphatic rings. The molecule has 0 aromatic heterocycles. The second-order valence-corrected chi connectivity index (χ2v) is 12.0. The number of benzene rings is 1. The van der Waals surface area contributed by atoms with Crippen LogP contribution >= 0.6 is 0 Å². The quantitative estimate of drug-likeness (QED) is 0.602. The maximum Gasteiger partial charge on any atom is 0.249 e.